The molecule has 1 heteroatoms. The van der Waals surface area contributed by atoms with Gasteiger partial charge in [-0.2, -0.15) is 0 Å². The first-order chi connectivity index (χ1) is 6.02. The Morgan fingerprint density at radius 2 is 1.85 bits per heavy atom. The summed E-state index contributed by atoms with van der Waals surface area (Å²) in [4.78, 5) is 4.35. The van der Waals surface area contributed by atoms with E-state index < -0.39 is 0 Å². The van der Waals surface area contributed by atoms with E-state index in [9.17, 15) is 0 Å². The summed E-state index contributed by atoms with van der Waals surface area (Å²) in [6.45, 7) is 10.9. The van der Waals surface area contributed by atoms with Gasteiger partial charge in [-0.15, -0.1) is 0 Å². The molecule has 0 saturated heterocycles. The first-order valence-electron chi connectivity index (χ1n) is 4.94. The second-order valence-electron chi connectivity index (χ2n) is 4.23. The van der Waals surface area contributed by atoms with Crippen molar-refractivity contribution in [2.45, 2.75) is 41.0 Å². The quantitative estimate of drug-likeness (QED) is 0.676. The van der Waals surface area contributed by atoms with Gasteiger partial charge in [-0.3, -0.25) is 4.98 Å². The van der Waals surface area contributed by atoms with Crippen molar-refractivity contribution in [3.63, 3.8) is 0 Å². The molecule has 0 aliphatic carbocycles. The van der Waals surface area contributed by atoms with E-state index in [0.29, 0.717) is 0 Å². The second kappa shape index (κ2) is 3.91. The maximum absolute atomic E-state index is 4.35. The molecule has 0 saturated carbocycles. The van der Waals surface area contributed by atoms with Gasteiger partial charge in [0.1, 0.15) is 0 Å². The Labute approximate surface area is 81.2 Å². The van der Waals surface area contributed by atoms with Gasteiger partial charge in [0.2, 0.25) is 0 Å². The van der Waals surface area contributed by atoms with Gasteiger partial charge in [-0.1, -0.05) is 13.8 Å². The van der Waals surface area contributed by atoms with Crippen molar-refractivity contribution in [3.05, 3.63) is 28.6 Å². The number of rotatable bonds is 2. The van der Waals surface area contributed by atoms with Gasteiger partial charge >= 0.3 is 0 Å². The Bertz CT molecular complexity index is 300. The molecule has 1 aromatic heterocycles. The SMILES string of the molecule is Cc1cnc(C)c(C)c1CC(C)C. The molecule has 0 aliphatic rings. The highest BCUT2D eigenvalue weighted by atomic mass is 14.7. The number of aryl methyl sites for hydroxylation is 2. The molecule has 0 N–H and O–H groups in total. The summed E-state index contributed by atoms with van der Waals surface area (Å²) in [5, 5.41) is 0. The van der Waals surface area contributed by atoms with Crippen LogP contribution in [0.5, 0.6) is 0 Å². The maximum Gasteiger partial charge on any atom is 0.0404 e. The average molecular weight is 177 g/mol. The van der Waals surface area contributed by atoms with Crippen molar-refractivity contribution in [1.29, 1.82) is 0 Å². The van der Waals surface area contributed by atoms with E-state index in [1.165, 1.54) is 28.8 Å². The predicted molar refractivity (Wildman–Crippen MR) is 57.0 cm³/mol. The monoisotopic (exact) mass is 177 g/mol. The summed E-state index contributed by atoms with van der Waals surface area (Å²) in [7, 11) is 0. The van der Waals surface area contributed by atoms with E-state index in [1.54, 1.807) is 0 Å². The number of pyridine rings is 1. The molecule has 1 heterocycles. The summed E-state index contributed by atoms with van der Waals surface area (Å²) < 4.78 is 0. The fourth-order valence-electron chi connectivity index (χ4n) is 1.60. The average Bonchev–Trinajstić information content (AvgIpc) is 2.05. The normalized spacial score (nSPS) is 10.9. The first kappa shape index (κ1) is 10.2. The summed E-state index contributed by atoms with van der Waals surface area (Å²) in [5.41, 5.74) is 5.36. The van der Waals surface area contributed by atoms with E-state index in [-0.39, 0.29) is 0 Å². The van der Waals surface area contributed by atoms with Crippen molar-refractivity contribution in [1.82, 2.24) is 4.98 Å². The van der Waals surface area contributed by atoms with Crippen LogP contribution in [0.2, 0.25) is 0 Å². The molecular formula is C12H19N. The van der Waals surface area contributed by atoms with Gasteiger partial charge in [0, 0.05) is 11.9 Å². The number of nitrogens with zero attached hydrogens (tertiary/aromatic N) is 1. The zero-order valence-electron chi connectivity index (χ0n) is 9.31. The van der Waals surface area contributed by atoms with E-state index in [2.05, 4.69) is 39.6 Å². The Kier molecular flexibility index (Phi) is 3.07. The van der Waals surface area contributed by atoms with Crippen molar-refractivity contribution >= 4 is 0 Å². The smallest absolute Gasteiger partial charge is 0.0404 e. The second-order valence-corrected chi connectivity index (χ2v) is 4.23. The molecule has 0 spiro atoms. The third-order valence-corrected chi connectivity index (χ3v) is 2.54. The molecule has 0 amide bonds. The Morgan fingerprint density at radius 3 is 2.38 bits per heavy atom. The molecule has 1 nitrogen and oxygen atoms in total. The zero-order valence-corrected chi connectivity index (χ0v) is 9.31. The maximum atomic E-state index is 4.35. The molecule has 0 aromatic carbocycles. The van der Waals surface area contributed by atoms with Crippen LogP contribution in [0.4, 0.5) is 0 Å². The summed E-state index contributed by atoms with van der Waals surface area (Å²) >= 11 is 0. The molecule has 72 valence electrons. The Morgan fingerprint density at radius 1 is 1.23 bits per heavy atom. The first-order valence-corrected chi connectivity index (χ1v) is 4.94. The molecular weight excluding hydrogens is 158 g/mol. The van der Waals surface area contributed by atoms with Crippen LogP contribution in [-0.2, 0) is 6.42 Å². The molecule has 0 radical (unpaired) electrons. The predicted octanol–water partition coefficient (Wildman–Crippen LogP) is 3.21. The van der Waals surface area contributed by atoms with Gasteiger partial charge in [0.15, 0.2) is 0 Å². The number of hydrogen-bond donors (Lipinski definition) is 0. The summed E-state index contributed by atoms with van der Waals surface area (Å²) in [6.07, 6.45) is 3.15. The minimum Gasteiger partial charge on any atom is -0.261 e. The fourth-order valence-corrected chi connectivity index (χ4v) is 1.60. The molecule has 1 rings (SSSR count). The standard InChI is InChI=1S/C12H19N/c1-8(2)6-12-9(3)7-13-11(5)10(12)4/h7-8H,6H2,1-5H3. The fraction of sp³-hybridized carbons (Fsp3) is 0.583. The van der Waals surface area contributed by atoms with Crippen LogP contribution in [0.25, 0.3) is 0 Å². The van der Waals surface area contributed by atoms with E-state index in [4.69, 9.17) is 0 Å². The van der Waals surface area contributed by atoms with E-state index >= 15 is 0 Å². The highest BCUT2D eigenvalue weighted by molar-refractivity contribution is 5.34. The van der Waals surface area contributed by atoms with E-state index in [1.807, 2.05) is 6.20 Å². The lowest BCUT2D eigenvalue weighted by Crippen LogP contribution is -2.02. The van der Waals surface area contributed by atoms with Crippen LogP contribution in [0.15, 0.2) is 6.20 Å². The summed E-state index contributed by atoms with van der Waals surface area (Å²) in [5.74, 6) is 0.721. The highest BCUT2D eigenvalue weighted by Gasteiger charge is 2.07. The van der Waals surface area contributed by atoms with Gasteiger partial charge in [0.05, 0.1) is 0 Å². The Hall–Kier alpha value is -0.850. The minimum absolute atomic E-state index is 0.721. The number of hydrogen-bond acceptors (Lipinski definition) is 1. The minimum atomic E-state index is 0.721. The van der Waals surface area contributed by atoms with Crippen LogP contribution in [0, 0.1) is 26.7 Å². The van der Waals surface area contributed by atoms with Gasteiger partial charge in [-0.05, 0) is 49.8 Å². The third-order valence-electron chi connectivity index (χ3n) is 2.54. The van der Waals surface area contributed by atoms with Gasteiger partial charge < -0.3 is 0 Å². The van der Waals surface area contributed by atoms with E-state index in [0.717, 1.165) is 5.92 Å². The molecule has 0 fully saturated rings. The molecule has 0 bridgehead atoms. The molecule has 1 aromatic rings. The topological polar surface area (TPSA) is 12.9 Å². The lowest BCUT2D eigenvalue weighted by atomic mass is 9.95. The number of aromatic nitrogens is 1. The lowest BCUT2D eigenvalue weighted by Gasteiger charge is -2.13. The van der Waals surface area contributed by atoms with Crippen molar-refractivity contribution in [3.8, 4) is 0 Å². The molecule has 13 heavy (non-hydrogen) atoms. The van der Waals surface area contributed by atoms with Crippen LogP contribution in [0.1, 0.15) is 36.2 Å². The van der Waals surface area contributed by atoms with Crippen molar-refractivity contribution in [2.24, 2.45) is 5.92 Å². The van der Waals surface area contributed by atoms with Crippen LogP contribution in [-0.4, -0.2) is 4.98 Å². The van der Waals surface area contributed by atoms with Crippen LogP contribution in [0.3, 0.4) is 0 Å². The van der Waals surface area contributed by atoms with Crippen molar-refractivity contribution in [2.75, 3.05) is 0 Å². The molecule has 0 atom stereocenters. The third kappa shape index (κ3) is 2.30. The van der Waals surface area contributed by atoms with Gasteiger partial charge in [0.25, 0.3) is 0 Å². The Balaban J connectivity index is 3.10. The highest BCUT2D eigenvalue weighted by Crippen LogP contribution is 2.18. The largest absolute Gasteiger partial charge is 0.261 e. The molecule has 0 aliphatic heterocycles. The van der Waals surface area contributed by atoms with Crippen molar-refractivity contribution < 1.29 is 0 Å². The zero-order chi connectivity index (χ0) is 10.0. The van der Waals surface area contributed by atoms with Crippen LogP contribution < -0.4 is 0 Å². The molecule has 0 unspecified atom stereocenters. The lowest BCUT2D eigenvalue weighted by molar-refractivity contribution is 0.641. The van der Waals surface area contributed by atoms with Gasteiger partial charge in [-0.25, -0.2) is 0 Å². The van der Waals surface area contributed by atoms with Crippen LogP contribution >= 0.6 is 0 Å². The summed E-state index contributed by atoms with van der Waals surface area (Å²) in [6, 6.07) is 0.